The van der Waals surface area contributed by atoms with E-state index in [0.717, 1.165) is 0 Å². The van der Waals surface area contributed by atoms with Gasteiger partial charge in [0.05, 0.1) is 0 Å². The Morgan fingerprint density at radius 1 is 1.36 bits per heavy atom. The molecule has 7 heteroatoms. The van der Waals surface area contributed by atoms with Gasteiger partial charge >= 0.3 is 0 Å². The molecule has 0 spiro atoms. The summed E-state index contributed by atoms with van der Waals surface area (Å²) in [5.41, 5.74) is 15.3. The van der Waals surface area contributed by atoms with Gasteiger partial charge in [-0.05, 0) is 0 Å². The van der Waals surface area contributed by atoms with Crippen LogP contribution in [-0.4, -0.2) is 14.9 Å². The second-order valence-electron chi connectivity index (χ2n) is 1.93. The van der Waals surface area contributed by atoms with E-state index in [0.29, 0.717) is 4.73 Å². The molecule has 0 aromatic carbocycles. The third-order valence-corrected chi connectivity index (χ3v) is 1.21. The molecule has 1 aromatic heterocycles. The standard InChI is InChI=1S/C4H8N6O/c5-1-2(6)9-4(8)10(11)3(1)7/h11H,5,7H2,(H3,6,8,9). The molecule has 8 N–H and O–H groups in total. The van der Waals surface area contributed by atoms with E-state index >= 15 is 0 Å². The van der Waals surface area contributed by atoms with Crippen molar-refractivity contribution in [2.24, 2.45) is 0 Å². The van der Waals surface area contributed by atoms with Crippen molar-refractivity contribution in [2.75, 3.05) is 17.2 Å². The number of nitrogens with zero attached hydrogens (tertiary/aromatic N) is 2. The van der Waals surface area contributed by atoms with Crippen LogP contribution in [0.2, 0.25) is 0 Å². The van der Waals surface area contributed by atoms with Gasteiger partial charge in [0.2, 0.25) is 0 Å². The summed E-state index contributed by atoms with van der Waals surface area (Å²) in [6.07, 6.45) is 0. The monoisotopic (exact) mass is 156 g/mol. The molecule has 1 rings (SSSR count). The van der Waals surface area contributed by atoms with Crippen molar-refractivity contribution in [2.45, 2.75) is 0 Å². The van der Waals surface area contributed by atoms with Gasteiger partial charge in [-0.3, -0.25) is 5.41 Å². The van der Waals surface area contributed by atoms with Crippen molar-refractivity contribution in [3.05, 3.63) is 5.62 Å². The molecule has 0 saturated carbocycles. The molecular weight excluding hydrogens is 148 g/mol. The van der Waals surface area contributed by atoms with E-state index in [4.69, 9.17) is 27.8 Å². The zero-order chi connectivity index (χ0) is 8.59. The lowest BCUT2D eigenvalue weighted by atomic mass is 10.4. The molecule has 0 aliphatic rings. The SMILES string of the molecule is N=c1nc(N)c(N)c(N)n1O. The molecule has 0 radical (unpaired) electrons. The van der Waals surface area contributed by atoms with Crippen LogP contribution in [0.25, 0.3) is 0 Å². The van der Waals surface area contributed by atoms with Crippen LogP contribution in [-0.2, 0) is 0 Å². The number of hydrogen-bond donors (Lipinski definition) is 5. The van der Waals surface area contributed by atoms with Crippen molar-refractivity contribution in [3.8, 4) is 0 Å². The maximum atomic E-state index is 8.92. The van der Waals surface area contributed by atoms with Crippen molar-refractivity contribution < 1.29 is 5.21 Å². The van der Waals surface area contributed by atoms with Gasteiger partial charge in [0.1, 0.15) is 5.69 Å². The first-order chi connectivity index (χ1) is 5.04. The van der Waals surface area contributed by atoms with E-state index in [-0.39, 0.29) is 17.3 Å². The third kappa shape index (κ3) is 0.914. The number of hydrogen-bond acceptors (Lipinski definition) is 6. The van der Waals surface area contributed by atoms with Gasteiger partial charge < -0.3 is 22.4 Å². The van der Waals surface area contributed by atoms with Crippen LogP contribution in [0, 0.1) is 5.41 Å². The van der Waals surface area contributed by atoms with Gasteiger partial charge in [0.15, 0.2) is 11.6 Å². The number of anilines is 3. The van der Waals surface area contributed by atoms with Crippen LogP contribution >= 0.6 is 0 Å². The Hall–Kier alpha value is -1.92. The Morgan fingerprint density at radius 2 is 1.91 bits per heavy atom. The molecule has 11 heavy (non-hydrogen) atoms. The van der Waals surface area contributed by atoms with Gasteiger partial charge in [-0.25, -0.2) is 0 Å². The van der Waals surface area contributed by atoms with Gasteiger partial charge in [0.25, 0.3) is 5.62 Å². The Kier molecular flexibility index (Phi) is 1.34. The fraction of sp³-hybridized carbons (Fsp3) is 0. The molecule has 0 atom stereocenters. The van der Waals surface area contributed by atoms with E-state index in [1.54, 1.807) is 0 Å². The van der Waals surface area contributed by atoms with Crippen LogP contribution in [0.3, 0.4) is 0 Å². The highest BCUT2D eigenvalue weighted by Gasteiger charge is 2.05. The van der Waals surface area contributed by atoms with Crippen molar-refractivity contribution in [1.82, 2.24) is 9.71 Å². The fourth-order valence-corrected chi connectivity index (χ4v) is 0.581. The molecule has 60 valence electrons. The molecule has 0 unspecified atom stereocenters. The van der Waals surface area contributed by atoms with Crippen LogP contribution in [0.5, 0.6) is 0 Å². The Labute approximate surface area is 61.5 Å². The molecule has 1 heterocycles. The van der Waals surface area contributed by atoms with Gasteiger partial charge in [-0.15, -0.1) is 4.73 Å². The molecule has 0 amide bonds. The third-order valence-electron chi connectivity index (χ3n) is 1.21. The van der Waals surface area contributed by atoms with Crippen LogP contribution in [0.15, 0.2) is 0 Å². The minimum absolute atomic E-state index is 0.0245. The number of nitrogen functional groups attached to an aromatic ring is 3. The smallest absolute Gasteiger partial charge is 0.259 e. The summed E-state index contributed by atoms with van der Waals surface area (Å²) < 4.78 is 0.353. The Morgan fingerprint density at radius 3 is 2.45 bits per heavy atom. The zero-order valence-corrected chi connectivity index (χ0v) is 5.57. The first-order valence-corrected chi connectivity index (χ1v) is 2.71. The summed E-state index contributed by atoms with van der Waals surface area (Å²) in [6.45, 7) is 0. The maximum Gasteiger partial charge on any atom is 0.259 e. The van der Waals surface area contributed by atoms with Gasteiger partial charge in [-0.2, -0.15) is 4.98 Å². The predicted molar refractivity (Wildman–Crippen MR) is 38.5 cm³/mol. The number of nitrogens with one attached hydrogen (secondary N) is 1. The second kappa shape index (κ2) is 2.04. The minimum Gasteiger partial charge on any atom is -0.423 e. The van der Waals surface area contributed by atoms with Crippen molar-refractivity contribution in [1.29, 1.82) is 5.41 Å². The van der Waals surface area contributed by atoms with E-state index in [2.05, 4.69) is 4.98 Å². The number of nitrogens with two attached hydrogens (primary N) is 3. The van der Waals surface area contributed by atoms with Crippen LogP contribution < -0.4 is 22.8 Å². The predicted octanol–water partition coefficient (Wildman–Crippen LogP) is -1.65. The normalized spacial score (nSPS) is 9.82. The zero-order valence-electron chi connectivity index (χ0n) is 5.57. The topological polar surface area (TPSA) is 140 Å². The average molecular weight is 156 g/mol. The molecule has 0 aliphatic heterocycles. The molecular formula is C4H8N6O. The summed E-state index contributed by atoms with van der Waals surface area (Å²) in [4.78, 5) is 3.39. The van der Waals surface area contributed by atoms with Crippen molar-refractivity contribution >= 4 is 17.3 Å². The summed E-state index contributed by atoms with van der Waals surface area (Å²) in [5, 5.41) is 15.9. The van der Waals surface area contributed by atoms with Crippen LogP contribution in [0.4, 0.5) is 17.3 Å². The molecule has 0 aliphatic carbocycles. The number of rotatable bonds is 0. The minimum atomic E-state index is -0.450. The van der Waals surface area contributed by atoms with E-state index in [9.17, 15) is 0 Å². The lowest BCUT2D eigenvalue weighted by Crippen LogP contribution is -2.26. The van der Waals surface area contributed by atoms with E-state index in [1.165, 1.54) is 0 Å². The summed E-state index contributed by atoms with van der Waals surface area (Å²) in [6, 6.07) is 0. The maximum absolute atomic E-state index is 8.92. The Bertz CT molecular complexity index is 341. The highest BCUT2D eigenvalue weighted by molar-refractivity contribution is 5.70. The van der Waals surface area contributed by atoms with Gasteiger partial charge in [0, 0.05) is 0 Å². The highest BCUT2D eigenvalue weighted by atomic mass is 16.5. The largest absolute Gasteiger partial charge is 0.423 e. The summed E-state index contributed by atoms with van der Waals surface area (Å²) in [7, 11) is 0. The van der Waals surface area contributed by atoms with Crippen LogP contribution in [0.1, 0.15) is 0 Å². The highest BCUT2D eigenvalue weighted by Crippen LogP contribution is 2.14. The first-order valence-electron chi connectivity index (χ1n) is 2.71. The number of aromatic nitrogens is 2. The molecule has 7 nitrogen and oxygen atoms in total. The van der Waals surface area contributed by atoms with Gasteiger partial charge in [-0.1, -0.05) is 0 Å². The first kappa shape index (κ1) is 7.19. The average Bonchev–Trinajstić information content (AvgIpc) is 1.97. The fourth-order valence-electron chi connectivity index (χ4n) is 0.581. The Balaban J connectivity index is 3.59. The molecule has 0 bridgehead atoms. The lowest BCUT2D eigenvalue weighted by molar-refractivity contribution is 0.172. The van der Waals surface area contributed by atoms with E-state index in [1.807, 2.05) is 0 Å². The lowest BCUT2D eigenvalue weighted by Gasteiger charge is -2.05. The summed E-state index contributed by atoms with van der Waals surface area (Å²) >= 11 is 0. The second-order valence-corrected chi connectivity index (χ2v) is 1.93. The molecule has 0 fully saturated rings. The molecule has 0 saturated heterocycles. The van der Waals surface area contributed by atoms with Crippen molar-refractivity contribution in [3.63, 3.8) is 0 Å². The molecule has 1 aromatic rings. The van der Waals surface area contributed by atoms with E-state index < -0.39 is 5.62 Å². The quantitative estimate of drug-likeness (QED) is 0.286. The summed E-state index contributed by atoms with van der Waals surface area (Å²) in [5.74, 6) is -0.236.